The standard InChI is InChI=1S/C32H62O4/c1-2-3-4-5-6-7-8-9-10-11-12-13-14-15-18-21-24-27-30-36-32(35)29-26-23-20-17-16-19-22-25-28-31(33)34/h2-30H2,1H3,(H,33,34). The smallest absolute Gasteiger partial charge is 0.305 e. The highest BCUT2D eigenvalue weighted by Gasteiger charge is 2.03. The quantitative estimate of drug-likeness (QED) is 0.0770. The lowest BCUT2D eigenvalue weighted by Crippen LogP contribution is -2.05. The molecule has 0 heterocycles. The van der Waals surface area contributed by atoms with Crippen molar-refractivity contribution < 1.29 is 19.4 Å². The molecule has 0 aromatic carbocycles. The first-order chi connectivity index (χ1) is 17.7. The normalized spacial score (nSPS) is 11.1. The molecule has 36 heavy (non-hydrogen) atoms. The highest BCUT2D eigenvalue weighted by molar-refractivity contribution is 5.69. The van der Waals surface area contributed by atoms with E-state index in [1.54, 1.807) is 0 Å². The fourth-order valence-electron chi connectivity index (χ4n) is 4.87. The average molecular weight is 511 g/mol. The molecule has 0 saturated heterocycles. The van der Waals surface area contributed by atoms with Crippen molar-refractivity contribution in [3.05, 3.63) is 0 Å². The Kier molecular flexibility index (Phi) is 29.3. The van der Waals surface area contributed by atoms with Crippen molar-refractivity contribution >= 4 is 11.9 Å². The van der Waals surface area contributed by atoms with Gasteiger partial charge in [-0.1, -0.05) is 155 Å². The van der Waals surface area contributed by atoms with Gasteiger partial charge in [-0.2, -0.15) is 0 Å². The second-order valence-electron chi connectivity index (χ2n) is 11.0. The molecule has 0 aromatic heterocycles. The number of aliphatic carboxylic acids is 1. The Bertz CT molecular complexity index is 463. The van der Waals surface area contributed by atoms with Crippen LogP contribution in [0.2, 0.25) is 0 Å². The number of carboxylic acids is 1. The van der Waals surface area contributed by atoms with Crippen LogP contribution in [0.3, 0.4) is 0 Å². The van der Waals surface area contributed by atoms with Crippen LogP contribution in [0.4, 0.5) is 0 Å². The zero-order valence-corrected chi connectivity index (χ0v) is 24.2. The van der Waals surface area contributed by atoms with Crippen LogP contribution in [0.25, 0.3) is 0 Å². The van der Waals surface area contributed by atoms with Crippen molar-refractivity contribution in [3.8, 4) is 0 Å². The number of esters is 1. The van der Waals surface area contributed by atoms with Gasteiger partial charge in [0.2, 0.25) is 0 Å². The fraction of sp³-hybridized carbons (Fsp3) is 0.938. The summed E-state index contributed by atoms with van der Waals surface area (Å²) in [5, 5.41) is 8.60. The molecule has 0 rings (SSSR count). The van der Waals surface area contributed by atoms with Gasteiger partial charge in [-0.05, 0) is 19.3 Å². The van der Waals surface area contributed by atoms with Gasteiger partial charge in [0, 0.05) is 12.8 Å². The van der Waals surface area contributed by atoms with E-state index in [4.69, 9.17) is 9.84 Å². The minimum Gasteiger partial charge on any atom is -0.481 e. The molecule has 0 atom stereocenters. The average Bonchev–Trinajstić information content (AvgIpc) is 2.86. The van der Waals surface area contributed by atoms with E-state index in [1.165, 1.54) is 122 Å². The Balaban J connectivity index is 3.14. The van der Waals surface area contributed by atoms with E-state index in [2.05, 4.69) is 6.92 Å². The number of hydrogen-bond donors (Lipinski definition) is 1. The Hall–Kier alpha value is -1.06. The number of carboxylic acid groups (broad SMARTS) is 1. The molecule has 214 valence electrons. The van der Waals surface area contributed by atoms with Crippen molar-refractivity contribution in [2.75, 3.05) is 6.61 Å². The van der Waals surface area contributed by atoms with Crippen LogP contribution in [0.15, 0.2) is 0 Å². The summed E-state index contributed by atoms with van der Waals surface area (Å²) in [6.07, 6.45) is 33.9. The van der Waals surface area contributed by atoms with Crippen molar-refractivity contribution in [3.63, 3.8) is 0 Å². The lowest BCUT2D eigenvalue weighted by Gasteiger charge is -2.06. The minimum atomic E-state index is -0.692. The molecule has 0 bridgehead atoms. The van der Waals surface area contributed by atoms with Gasteiger partial charge in [0.05, 0.1) is 6.61 Å². The predicted octanol–water partition coefficient (Wildman–Crippen LogP) is 10.6. The first-order valence-corrected chi connectivity index (χ1v) is 16.0. The Morgan fingerprint density at radius 2 is 0.750 bits per heavy atom. The number of hydrogen-bond acceptors (Lipinski definition) is 3. The lowest BCUT2D eigenvalue weighted by molar-refractivity contribution is -0.144. The lowest BCUT2D eigenvalue weighted by atomic mass is 10.0. The molecule has 0 amide bonds. The Labute approximate surface area is 224 Å². The second kappa shape index (κ2) is 30.2. The molecule has 0 radical (unpaired) electrons. The van der Waals surface area contributed by atoms with Gasteiger partial charge in [0.15, 0.2) is 0 Å². The molecular weight excluding hydrogens is 448 g/mol. The SMILES string of the molecule is CCCCCCCCCCCCCCCCCCCCOC(=O)CCCCCCCCCCC(=O)O. The molecular formula is C32H62O4. The van der Waals surface area contributed by atoms with Crippen molar-refractivity contribution in [2.24, 2.45) is 0 Å². The van der Waals surface area contributed by atoms with Crippen molar-refractivity contribution in [1.29, 1.82) is 0 Å². The van der Waals surface area contributed by atoms with E-state index >= 15 is 0 Å². The summed E-state index contributed by atoms with van der Waals surface area (Å²) in [5.41, 5.74) is 0. The molecule has 0 fully saturated rings. The fourth-order valence-corrected chi connectivity index (χ4v) is 4.87. The molecule has 0 aliphatic rings. The number of carbonyl (C=O) groups is 2. The molecule has 0 aromatic rings. The molecule has 0 saturated carbocycles. The third-order valence-corrected chi connectivity index (χ3v) is 7.28. The van der Waals surface area contributed by atoms with Crippen LogP contribution in [-0.4, -0.2) is 23.7 Å². The first kappa shape index (κ1) is 34.9. The van der Waals surface area contributed by atoms with Crippen LogP contribution in [0.5, 0.6) is 0 Å². The van der Waals surface area contributed by atoms with Gasteiger partial charge < -0.3 is 9.84 Å². The third-order valence-electron chi connectivity index (χ3n) is 7.28. The number of carbonyl (C=O) groups excluding carboxylic acids is 1. The van der Waals surface area contributed by atoms with E-state index < -0.39 is 5.97 Å². The summed E-state index contributed by atoms with van der Waals surface area (Å²) < 4.78 is 5.38. The molecule has 0 spiro atoms. The topological polar surface area (TPSA) is 63.6 Å². The zero-order valence-electron chi connectivity index (χ0n) is 24.2. The van der Waals surface area contributed by atoms with E-state index in [0.29, 0.717) is 19.4 Å². The summed E-state index contributed by atoms with van der Waals surface area (Å²) in [5.74, 6) is -0.724. The van der Waals surface area contributed by atoms with Crippen LogP contribution in [0.1, 0.15) is 187 Å². The zero-order chi connectivity index (χ0) is 26.4. The van der Waals surface area contributed by atoms with Gasteiger partial charge in [0.25, 0.3) is 0 Å². The summed E-state index contributed by atoms with van der Waals surface area (Å²) in [4.78, 5) is 22.3. The summed E-state index contributed by atoms with van der Waals surface area (Å²) in [6, 6.07) is 0. The van der Waals surface area contributed by atoms with Gasteiger partial charge in [-0.25, -0.2) is 0 Å². The number of ether oxygens (including phenoxy) is 1. The largest absolute Gasteiger partial charge is 0.481 e. The molecule has 0 unspecified atom stereocenters. The van der Waals surface area contributed by atoms with Crippen LogP contribution in [-0.2, 0) is 14.3 Å². The molecule has 1 N–H and O–H groups in total. The second-order valence-corrected chi connectivity index (χ2v) is 11.0. The first-order valence-electron chi connectivity index (χ1n) is 16.0. The molecule has 4 heteroatoms. The van der Waals surface area contributed by atoms with E-state index in [-0.39, 0.29) is 5.97 Å². The molecule has 0 aliphatic heterocycles. The van der Waals surface area contributed by atoms with E-state index in [0.717, 1.165) is 44.9 Å². The molecule has 4 nitrogen and oxygen atoms in total. The van der Waals surface area contributed by atoms with Crippen LogP contribution < -0.4 is 0 Å². The van der Waals surface area contributed by atoms with Gasteiger partial charge >= 0.3 is 11.9 Å². The summed E-state index contributed by atoms with van der Waals surface area (Å²) in [6.45, 7) is 2.88. The van der Waals surface area contributed by atoms with Gasteiger partial charge in [-0.3, -0.25) is 9.59 Å². The predicted molar refractivity (Wildman–Crippen MR) is 154 cm³/mol. The van der Waals surface area contributed by atoms with Gasteiger partial charge in [-0.15, -0.1) is 0 Å². The molecule has 0 aliphatic carbocycles. The maximum absolute atomic E-state index is 11.8. The van der Waals surface area contributed by atoms with Crippen LogP contribution in [0, 0.1) is 0 Å². The van der Waals surface area contributed by atoms with Crippen LogP contribution >= 0.6 is 0 Å². The summed E-state index contributed by atoms with van der Waals surface area (Å²) in [7, 11) is 0. The van der Waals surface area contributed by atoms with Crippen molar-refractivity contribution in [2.45, 2.75) is 187 Å². The van der Waals surface area contributed by atoms with E-state index in [1.807, 2.05) is 0 Å². The maximum atomic E-state index is 11.8. The third kappa shape index (κ3) is 31.0. The summed E-state index contributed by atoms with van der Waals surface area (Å²) >= 11 is 0. The minimum absolute atomic E-state index is 0.0318. The number of unbranched alkanes of at least 4 members (excludes halogenated alkanes) is 24. The Morgan fingerprint density at radius 3 is 1.11 bits per heavy atom. The monoisotopic (exact) mass is 510 g/mol. The number of rotatable bonds is 30. The Morgan fingerprint density at radius 1 is 0.444 bits per heavy atom. The highest BCUT2D eigenvalue weighted by atomic mass is 16.5. The highest BCUT2D eigenvalue weighted by Crippen LogP contribution is 2.15. The van der Waals surface area contributed by atoms with Gasteiger partial charge in [0.1, 0.15) is 0 Å². The van der Waals surface area contributed by atoms with Crippen molar-refractivity contribution in [1.82, 2.24) is 0 Å². The maximum Gasteiger partial charge on any atom is 0.305 e. The van der Waals surface area contributed by atoms with E-state index in [9.17, 15) is 9.59 Å².